The molecule has 1 amide bonds. The molecule has 0 spiro atoms. The van der Waals surface area contributed by atoms with E-state index in [1.165, 1.54) is 17.7 Å². The largest absolute Gasteiger partial charge is 0.465 e. The number of halogens is 1. The van der Waals surface area contributed by atoms with Crippen LogP contribution in [0.2, 0.25) is 0 Å². The number of alkyl halides is 1. The van der Waals surface area contributed by atoms with Gasteiger partial charge in [-0.15, -0.1) is 0 Å². The third-order valence-corrected chi connectivity index (χ3v) is 3.94. The van der Waals surface area contributed by atoms with Gasteiger partial charge in [0.25, 0.3) is 5.56 Å². The van der Waals surface area contributed by atoms with Gasteiger partial charge in [0, 0.05) is 37.6 Å². The number of nitrogens with zero attached hydrogens (tertiary/aromatic N) is 4. The van der Waals surface area contributed by atoms with Crippen molar-refractivity contribution in [3.63, 3.8) is 0 Å². The van der Waals surface area contributed by atoms with Crippen molar-refractivity contribution in [2.24, 2.45) is 7.05 Å². The number of carbonyl (C=O) groups is 1. The van der Waals surface area contributed by atoms with Gasteiger partial charge in [0.05, 0.1) is 18.3 Å². The molecule has 1 fully saturated rings. The van der Waals surface area contributed by atoms with E-state index >= 15 is 0 Å². The van der Waals surface area contributed by atoms with Crippen molar-refractivity contribution in [2.45, 2.75) is 12.2 Å². The fourth-order valence-corrected chi connectivity index (χ4v) is 2.56. The van der Waals surface area contributed by atoms with E-state index in [1.54, 1.807) is 24.5 Å². The van der Waals surface area contributed by atoms with Crippen LogP contribution in [0.25, 0.3) is 11.3 Å². The Balaban J connectivity index is 1.90. The van der Waals surface area contributed by atoms with Gasteiger partial charge in [-0.3, -0.25) is 14.3 Å². The van der Waals surface area contributed by atoms with Crippen LogP contribution >= 0.6 is 0 Å². The number of rotatable bonds is 3. The molecule has 1 aliphatic heterocycles. The number of amides is 1. The molecule has 126 valence electrons. The molecule has 24 heavy (non-hydrogen) atoms. The number of anilines is 1. The van der Waals surface area contributed by atoms with Crippen LogP contribution in [0.15, 0.2) is 35.4 Å². The minimum Gasteiger partial charge on any atom is -0.465 e. The summed E-state index contributed by atoms with van der Waals surface area (Å²) in [5.74, 6) is 0.189. The first-order valence-electron chi connectivity index (χ1n) is 7.32. The van der Waals surface area contributed by atoms with Crippen LogP contribution in [-0.4, -0.2) is 55.9 Å². The smallest absolute Gasteiger partial charge is 0.407 e. The summed E-state index contributed by atoms with van der Waals surface area (Å²) in [6.07, 6.45) is 0.624. The van der Waals surface area contributed by atoms with Crippen LogP contribution in [0.5, 0.6) is 0 Å². The van der Waals surface area contributed by atoms with Gasteiger partial charge >= 0.3 is 6.09 Å². The quantitative estimate of drug-likeness (QED) is 0.867. The third-order valence-electron chi connectivity index (χ3n) is 3.94. The summed E-state index contributed by atoms with van der Waals surface area (Å²) in [5.41, 5.74) is 0.843. The SMILES string of the molecule is Cn1c(N[C@H]2CN(C(=O)O)C[C@@H]2F)nc(-c2ccncc2)cc1=O. The average Bonchev–Trinajstić information content (AvgIpc) is 2.93. The highest BCUT2D eigenvalue weighted by atomic mass is 19.1. The Morgan fingerprint density at radius 2 is 2.08 bits per heavy atom. The molecule has 1 saturated heterocycles. The third kappa shape index (κ3) is 3.05. The fourth-order valence-electron chi connectivity index (χ4n) is 2.56. The van der Waals surface area contributed by atoms with Gasteiger partial charge in [0.2, 0.25) is 5.95 Å². The van der Waals surface area contributed by atoms with Gasteiger partial charge in [0.15, 0.2) is 0 Å². The Morgan fingerprint density at radius 3 is 2.71 bits per heavy atom. The second-order valence-corrected chi connectivity index (χ2v) is 5.55. The Morgan fingerprint density at radius 1 is 1.38 bits per heavy atom. The maximum Gasteiger partial charge on any atom is 0.407 e. The molecule has 0 aliphatic carbocycles. The number of hydrogen-bond acceptors (Lipinski definition) is 5. The average molecular weight is 333 g/mol. The first-order valence-corrected chi connectivity index (χ1v) is 7.32. The summed E-state index contributed by atoms with van der Waals surface area (Å²) in [6.45, 7) is -0.211. The van der Waals surface area contributed by atoms with E-state index in [0.29, 0.717) is 11.3 Å². The van der Waals surface area contributed by atoms with Crippen LogP contribution in [0.3, 0.4) is 0 Å². The summed E-state index contributed by atoms with van der Waals surface area (Å²) in [7, 11) is 1.52. The Hall–Kier alpha value is -2.97. The molecule has 2 atom stereocenters. The van der Waals surface area contributed by atoms with Gasteiger partial charge in [-0.05, 0) is 12.1 Å². The molecule has 0 saturated carbocycles. The predicted molar refractivity (Wildman–Crippen MR) is 84.6 cm³/mol. The van der Waals surface area contributed by atoms with Crippen molar-refractivity contribution < 1.29 is 14.3 Å². The standard InChI is InChI=1S/C15H16FN5O3/c1-20-13(22)6-11(9-2-4-17-5-3-9)18-14(20)19-12-8-21(15(23)24)7-10(12)16/h2-6,10,12H,7-8H2,1H3,(H,18,19)(H,23,24)/t10-,12-/m0/s1. The van der Waals surface area contributed by atoms with Gasteiger partial charge in [-0.25, -0.2) is 14.2 Å². The Kier molecular flexibility index (Phi) is 4.15. The molecule has 2 N–H and O–H groups in total. The number of nitrogens with one attached hydrogen (secondary N) is 1. The highest BCUT2D eigenvalue weighted by Crippen LogP contribution is 2.20. The Bertz CT molecular complexity index is 811. The molecule has 9 heteroatoms. The zero-order chi connectivity index (χ0) is 17.3. The van der Waals surface area contributed by atoms with E-state index in [-0.39, 0.29) is 24.6 Å². The van der Waals surface area contributed by atoms with Gasteiger partial charge in [-0.2, -0.15) is 0 Å². The van der Waals surface area contributed by atoms with E-state index in [4.69, 9.17) is 5.11 Å². The van der Waals surface area contributed by atoms with Crippen molar-refractivity contribution in [2.75, 3.05) is 18.4 Å². The number of pyridine rings is 1. The van der Waals surface area contributed by atoms with E-state index in [0.717, 1.165) is 4.90 Å². The van der Waals surface area contributed by atoms with Crippen molar-refractivity contribution in [1.82, 2.24) is 19.4 Å². The summed E-state index contributed by atoms with van der Waals surface area (Å²) >= 11 is 0. The van der Waals surface area contributed by atoms with Crippen molar-refractivity contribution in [1.29, 1.82) is 0 Å². The molecule has 2 aromatic heterocycles. The summed E-state index contributed by atoms with van der Waals surface area (Å²) in [4.78, 5) is 32.4. The molecule has 3 heterocycles. The molecule has 1 aliphatic rings. The van der Waals surface area contributed by atoms with E-state index in [1.807, 2.05) is 0 Å². The van der Waals surface area contributed by atoms with Gasteiger partial charge in [0.1, 0.15) is 6.17 Å². The number of aromatic nitrogens is 3. The zero-order valence-electron chi connectivity index (χ0n) is 12.9. The molecular formula is C15H16FN5O3. The summed E-state index contributed by atoms with van der Waals surface area (Å²) in [5, 5.41) is 11.8. The number of likely N-dealkylation sites (tertiary alicyclic amines) is 1. The van der Waals surface area contributed by atoms with Gasteiger partial charge in [-0.1, -0.05) is 0 Å². The highest BCUT2D eigenvalue weighted by molar-refractivity contribution is 5.66. The lowest BCUT2D eigenvalue weighted by atomic mass is 10.2. The number of carboxylic acid groups (broad SMARTS) is 1. The minimum atomic E-state index is -1.37. The molecule has 2 aromatic rings. The second kappa shape index (κ2) is 6.26. The van der Waals surface area contributed by atoms with Crippen LogP contribution in [0, 0.1) is 0 Å². The minimum absolute atomic E-state index is 0.00808. The molecule has 0 bridgehead atoms. The van der Waals surface area contributed by atoms with E-state index in [2.05, 4.69) is 15.3 Å². The van der Waals surface area contributed by atoms with Crippen molar-refractivity contribution in [3.05, 3.63) is 40.9 Å². The first-order chi connectivity index (χ1) is 11.5. The number of hydrogen-bond donors (Lipinski definition) is 2. The highest BCUT2D eigenvalue weighted by Gasteiger charge is 2.36. The maximum absolute atomic E-state index is 14.0. The first kappa shape index (κ1) is 15.9. The summed E-state index contributed by atoms with van der Waals surface area (Å²) in [6, 6.07) is 4.05. The normalized spacial score (nSPS) is 20.2. The van der Waals surface area contributed by atoms with E-state index in [9.17, 15) is 14.0 Å². The summed E-state index contributed by atoms with van der Waals surface area (Å²) < 4.78 is 15.3. The second-order valence-electron chi connectivity index (χ2n) is 5.55. The fraction of sp³-hybridized carbons (Fsp3) is 0.333. The van der Waals surface area contributed by atoms with Crippen molar-refractivity contribution in [3.8, 4) is 11.3 Å². The molecule has 3 rings (SSSR count). The Labute approximate surface area is 136 Å². The molecule has 0 aromatic carbocycles. The molecule has 0 unspecified atom stereocenters. The maximum atomic E-state index is 14.0. The predicted octanol–water partition coefficient (Wildman–Crippen LogP) is 0.955. The van der Waals surface area contributed by atoms with Gasteiger partial charge < -0.3 is 15.3 Å². The lowest BCUT2D eigenvalue weighted by molar-refractivity contribution is 0.152. The van der Waals surface area contributed by atoms with Crippen LogP contribution < -0.4 is 10.9 Å². The van der Waals surface area contributed by atoms with Crippen LogP contribution in [0.1, 0.15) is 0 Å². The molecule has 0 radical (unpaired) electrons. The van der Waals surface area contributed by atoms with Crippen LogP contribution in [0.4, 0.5) is 15.1 Å². The molecular weight excluding hydrogens is 317 g/mol. The lowest BCUT2D eigenvalue weighted by Crippen LogP contribution is -2.34. The van der Waals surface area contributed by atoms with E-state index < -0.39 is 18.3 Å². The lowest BCUT2D eigenvalue weighted by Gasteiger charge is -2.17. The monoisotopic (exact) mass is 333 g/mol. The van der Waals surface area contributed by atoms with Crippen molar-refractivity contribution >= 4 is 12.0 Å². The topological polar surface area (TPSA) is 100 Å². The zero-order valence-corrected chi connectivity index (χ0v) is 12.9. The van der Waals surface area contributed by atoms with Crippen LogP contribution in [-0.2, 0) is 7.05 Å². The molecule has 8 nitrogen and oxygen atoms in total.